The predicted octanol–water partition coefficient (Wildman–Crippen LogP) is 5.28. The molecule has 156 valence electrons. The number of pyridine rings is 1. The third-order valence-electron chi connectivity index (χ3n) is 5.58. The minimum Gasteiger partial charge on any atom is -0.322 e. The molecule has 1 aliphatic heterocycles. The number of carbonyl (C=O) groups excluding carboxylic acids is 1. The Balaban J connectivity index is 1.77. The van der Waals surface area contributed by atoms with Gasteiger partial charge in [0.1, 0.15) is 0 Å². The first-order chi connectivity index (χ1) is 14.3. The van der Waals surface area contributed by atoms with Crippen LogP contribution in [0, 0.1) is 6.92 Å². The summed E-state index contributed by atoms with van der Waals surface area (Å²) in [7, 11) is 0. The van der Waals surface area contributed by atoms with Crippen molar-refractivity contribution in [2.75, 3.05) is 18.4 Å². The molecule has 30 heavy (non-hydrogen) atoms. The zero-order chi connectivity index (χ0) is 21.3. The highest BCUT2D eigenvalue weighted by molar-refractivity contribution is 6.08. The number of fused-ring (bicyclic) bond motifs is 1. The van der Waals surface area contributed by atoms with Gasteiger partial charge >= 0.3 is 6.18 Å². The van der Waals surface area contributed by atoms with Crippen LogP contribution in [0.15, 0.2) is 48.5 Å². The highest BCUT2D eigenvalue weighted by Gasteiger charge is 2.31. The summed E-state index contributed by atoms with van der Waals surface area (Å²) in [5.41, 5.74) is 2.10. The van der Waals surface area contributed by atoms with Crippen LogP contribution in [0.2, 0.25) is 0 Å². The first-order valence-corrected chi connectivity index (χ1v) is 9.93. The Kier molecular flexibility index (Phi) is 5.47. The number of carbonyl (C=O) groups is 1. The van der Waals surface area contributed by atoms with Gasteiger partial charge in [-0.05, 0) is 62.7 Å². The number of nitrogens with one attached hydrogen (secondary N) is 2. The molecule has 1 aliphatic rings. The Hall–Kier alpha value is -2.93. The molecule has 4 rings (SSSR count). The second kappa shape index (κ2) is 8.07. The minimum atomic E-state index is -4.47. The highest BCUT2D eigenvalue weighted by Crippen LogP contribution is 2.34. The molecule has 2 aromatic carbocycles. The molecule has 2 N–H and O–H groups in total. The normalized spacial score (nSPS) is 15.3. The number of halogens is 3. The third-order valence-corrected chi connectivity index (χ3v) is 5.58. The number of anilines is 1. The molecular weight excluding hydrogens is 391 g/mol. The molecule has 0 spiro atoms. The maximum absolute atomic E-state index is 13.3. The molecule has 0 bridgehead atoms. The van der Waals surface area contributed by atoms with Crippen molar-refractivity contribution in [2.24, 2.45) is 0 Å². The highest BCUT2D eigenvalue weighted by atomic mass is 19.4. The van der Waals surface area contributed by atoms with E-state index >= 15 is 0 Å². The summed E-state index contributed by atoms with van der Waals surface area (Å²) in [6.45, 7) is 3.55. The van der Waals surface area contributed by atoms with Crippen molar-refractivity contribution in [3.05, 3.63) is 70.9 Å². The smallest absolute Gasteiger partial charge is 0.322 e. The van der Waals surface area contributed by atoms with Crippen LogP contribution in [-0.4, -0.2) is 24.0 Å². The maximum Gasteiger partial charge on any atom is 0.416 e. The largest absolute Gasteiger partial charge is 0.416 e. The summed E-state index contributed by atoms with van der Waals surface area (Å²) >= 11 is 0. The van der Waals surface area contributed by atoms with Crippen LogP contribution in [0.3, 0.4) is 0 Å². The third kappa shape index (κ3) is 4.03. The molecule has 0 radical (unpaired) electrons. The van der Waals surface area contributed by atoms with Gasteiger partial charge in [-0.15, -0.1) is 0 Å². The number of hydrogen-bond donors (Lipinski definition) is 2. The monoisotopic (exact) mass is 413 g/mol. The molecule has 4 nitrogen and oxygen atoms in total. The number of aromatic nitrogens is 1. The van der Waals surface area contributed by atoms with Gasteiger partial charge in [0.25, 0.3) is 5.91 Å². The average molecular weight is 413 g/mol. The maximum atomic E-state index is 13.3. The summed E-state index contributed by atoms with van der Waals surface area (Å²) in [5, 5.41) is 6.84. The molecule has 1 fully saturated rings. The van der Waals surface area contributed by atoms with Crippen molar-refractivity contribution < 1.29 is 18.0 Å². The number of rotatable bonds is 3. The van der Waals surface area contributed by atoms with Gasteiger partial charge in [0.05, 0.1) is 22.3 Å². The van der Waals surface area contributed by atoms with Gasteiger partial charge in [0.15, 0.2) is 0 Å². The predicted molar refractivity (Wildman–Crippen MR) is 111 cm³/mol. The molecule has 3 aromatic rings. The van der Waals surface area contributed by atoms with Crippen LogP contribution in [0.25, 0.3) is 10.9 Å². The van der Waals surface area contributed by atoms with Gasteiger partial charge in [-0.25, -0.2) is 0 Å². The van der Waals surface area contributed by atoms with E-state index in [0.717, 1.165) is 60.2 Å². The Morgan fingerprint density at radius 1 is 1.10 bits per heavy atom. The van der Waals surface area contributed by atoms with E-state index in [-0.39, 0.29) is 11.6 Å². The van der Waals surface area contributed by atoms with Crippen LogP contribution in [0.5, 0.6) is 0 Å². The molecule has 0 saturated carbocycles. The fraction of sp³-hybridized carbons (Fsp3) is 0.304. The summed E-state index contributed by atoms with van der Waals surface area (Å²) in [4.78, 5) is 18.1. The van der Waals surface area contributed by atoms with E-state index in [1.54, 1.807) is 0 Å². The van der Waals surface area contributed by atoms with Crippen LogP contribution in [0.4, 0.5) is 18.9 Å². The Morgan fingerprint density at radius 2 is 1.83 bits per heavy atom. The number of benzene rings is 2. The Morgan fingerprint density at radius 3 is 2.57 bits per heavy atom. The summed E-state index contributed by atoms with van der Waals surface area (Å²) in [5.74, 6) is -0.310. The second-order valence-corrected chi connectivity index (χ2v) is 7.57. The van der Waals surface area contributed by atoms with Gasteiger partial charge in [-0.3, -0.25) is 9.78 Å². The number of nitrogens with zero attached hydrogens (tertiary/aromatic N) is 1. The molecule has 0 aliphatic carbocycles. The van der Waals surface area contributed by atoms with E-state index in [0.29, 0.717) is 5.56 Å². The van der Waals surface area contributed by atoms with Gasteiger partial charge in [-0.1, -0.05) is 24.3 Å². The van der Waals surface area contributed by atoms with Crippen molar-refractivity contribution in [1.82, 2.24) is 10.3 Å². The molecule has 2 heterocycles. The average Bonchev–Trinajstić information content (AvgIpc) is 2.74. The van der Waals surface area contributed by atoms with Crippen molar-refractivity contribution in [3.63, 3.8) is 0 Å². The van der Waals surface area contributed by atoms with Crippen LogP contribution in [-0.2, 0) is 6.18 Å². The summed E-state index contributed by atoms with van der Waals surface area (Å²) in [6.07, 6.45) is -2.76. The molecule has 1 aromatic heterocycles. The van der Waals surface area contributed by atoms with E-state index in [1.807, 2.05) is 31.2 Å². The molecule has 0 atom stereocenters. The number of hydrogen-bond acceptors (Lipinski definition) is 3. The van der Waals surface area contributed by atoms with E-state index in [9.17, 15) is 18.0 Å². The topological polar surface area (TPSA) is 54.0 Å². The van der Waals surface area contributed by atoms with E-state index in [2.05, 4.69) is 10.6 Å². The zero-order valence-electron chi connectivity index (χ0n) is 16.5. The molecule has 0 unspecified atom stereocenters. The summed E-state index contributed by atoms with van der Waals surface area (Å²) < 4.78 is 39.1. The Labute approximate surface area is 172 Å². The number of para-hydroxylation sites is 1. The number of amides is 1. The lowest BCUT2D eigenvalue weighted by atomic mass is 9.88. The second-order valence-electron chi connectivity index (χ2n) is 7.57. The van der Waals surface area contributed by atoms with Crippen molar-refractivity contribution in [3.8, 4) is 0 Å². The quantitative estimate of drug-likeness (QED) is 0.614. The van der Waals surface area contributed by atoms with Gasteiger partial charge in [0.2, 0.25) is 0 Å². The van der Waals surface area contributed by atoms with Gasteiger partial charge in [0, 0.05) is 17.0 Å². The molecule has 1 saturated heterocycles. The van der Waals surface area contributed by atoms with Crippen LogP contribution in [0.1, 0.15) is 45.9 Å². The minimum absolute atomic E-state index is 0.110. The van der Waals surface area contributed by atoms with Crippen molar-refractivity contribution in [2.45, 2.75) is 31.9 Å². The van der Waals surface area contributed by atoms with E-state index < -0.39 is 17.6 Å². The van der Waals surface area contributed by atoms with E-state index in [1.165, 1.54) is 12.1 Å². The van der Waals surface area contributed by atoms with Gasteiger partial charge in [-0.2, -0.15) is 13.2 Å². The van der Waals surface area contributed by atoms with Crippen molar-refractivity contribution >= 4 is 22.5 Å². The van der Waals surface area contributed by atoms with E-state index in [4.69, 9.17) is 4.98 Å². The molecule has 7 heteroatoms. The SMILES string of the molecule is Cc1c(C(=O)Nc2cccc(C(F)(F)F)c2)c(C2CCNCC2)nc2ccccc12. The van der Waals surface area contributed by atoms with Crippen molar-refractivity contribution in [1.29, 1.82) is 0 Å². The first-order valence-electron chi connectivity index (χ1n) is 9.93. The fourth-order valence-electron chi connectivity index (χ4n) is 4.04. The number of piperidine rings is 1. The molecular formula is C23H22F3N3O. The lowest BCUT2D eigenvalue weighted by molar-refractivity contribution is -0.137. The lowest BCUT2D eigenvalue weighted by Gasteiger charge is -2.25. The zero-order valence-corrected chi connectivity index (χ0v) is 16.5. The number of alkyl halides is 3. The van der Waals surface area contributed by atoms with Crippen LogP contribution >= 0.6 is 0 Å². The fourth-order valence-corrected chi connectivity index (χ4v) is 4.04. The number of aryl methyl sites for hydroxylation is 1. The Bertz CT molecular complexity index is 1090. The summed E-state index contributed by atoms with van der Waals surface area (Å²) in [6, 6.07) is 12.3. The van der Waals surface area contributed by atoms with Crippen LogP contribution < -0.4 is 10.6 Å². The first kappa shape index (κ1) is 20.3. The molecule has 1 amide bonds. The van der Waals surface area contributed by atoms with Gasteiger partial charge < -0.3 is 10.6 Å². The lowest BCUT2D eigenvalue weighted by Crippen LogP contribution is -2.29. The standard InChI is InChI=1S/C23H22F3N3O/c1-14-18-7-2-3-8-19(18)29-21(15-9-11-27-12-10-15)20(14)22(30)28-17-6-4-5-16(13-17)23(24,25)26/h2-8,13,15,27H,9-12H2,1H3,(H,28,30).